The molecule has 0 fully saturated rings. The van der Waals surface area contributed by atoms with E-state index in [2.05, 4.69) is 10.3 Å². The standard InChI is InChI=1S/C18H18N2O3S3/c1-13-16(25-18(20-13)15-8-5-10-24-15)12-19-17(21)9-11-26(22,23)14-6-3-2-4-7-14/h2-8,10H,9,11-12H2,1H3,(H,19,21). The number of rotatable bonds is 7. The number of nitrogens with zero attached hydrogens (tertiary/aromatic N) is 1. The summed E-state index contributed by atoms with van der Waals surface area (Å²) in [5, 5.41) is 5.73. The van der Waals surface area contributed by atoms with Crippen molar-refractivity contribution in [2.24, 2.45) is 0 Å². The second-order valence-corrected chi connectivity index (χ2v) is 9.80. The SMILES string of the molecule is Cc1nc(-c2cccs2)sc1CNC(=O)CCS(=O)(=O)c1ccccc1. The molecule has 1 amide bonds. The molecule has 0 aliphatic rings. The molecule has 0 radical (unpaired) electrons. The van der Waals surface area contributed by atoms with Crippen LogP contribution >= 0.6 is 22.7 Å². The largest absolute Gasteiger partial charge is 0.351 e. The van der Waals surface area contributed by atoms with Crippen LogP contribution in [0.1, 0.15) is 17.0 Å². The Hall–Kier alpha value is -2.03. The van der Waals surface area contributed by atoms with Crippen molar-refractivity contribution in [1.29, 1.82) is 0 Å². The van der Waals surface area contributed by atoms with E-state index in [1.807, 2.05) is 24.4 Å². The van der Waals surface area contributed by atoms with Crippen LogP contribution in [0, 0.1) is 6.92 Å². The molecule has 2 heterocycles. The monoisotopic (exact) mass is 406 g/mol. The Morgan fingerprint density at radius 2 is 1.92 bits per heavy atom. The summed E-state index contributed by atoms with van der Waals surface area (Å²) in [4.78, 5) is 18.9. The molecule has 1 aromatic carbocycles. The number of aryl methyl sites for hydroxylation is 1. The molecule has 136 valence electrons. The third-order valence-corrected chi connectivity index (χ3v) is 7.70. The molecule has 0 spiro atoms. The number of sulfone groups is 1. The van der Waals surface area contributed by atoms with Gasteiger partial charge in [-0.25, -0.2) is 13.4 Å². The van der Waals surface area contributed by atoms with Crippen molar-refractivity contribution in [2.45, 2.75) is 24.8 Å². The molecule has 1 N–H and O–H groups in total. The van der Waals surface area contributed by atoms with Crippen LogP contribution in [0.2, 0.25) is 0 Å². The van der Waals surface area contributed by atoms with Crippen LogP contribution in [-0.4, -0.2) is 25.1 Å². The number of benzene rings is 1. The average Bonchev–Trinajstić information content (AvgIpc) is 3.29. The van der Waals surface area contributed by atoms with Crippen molar-refractivity contribution in [2.75, 3.05) is 5.75 Å². The molecular weight excluding hydrogens is 388 g/mol. The van der Waals surface area contributed by atoms with Crippen molar-refractivity contribution in [1.82, 2.24) is 10.3 Å². The van der Waals surface area contributed by atoms with Crippen molar-refractivity contribution in [3.8, 4) is 9.88 Å². The molecule has 3 aromatic rings. The summed E-state index contributed by atoms with van der Waals surface area (Å²) >= 11 is 3.17. The van der Waals surface area contributed by atoms with Gasteiger partial charge in [-0.15, -0.1) is 22.7 Å². The molecule has 26 heavy (non-hydrogen) atoms. The summed E-state index contributed by atoms with van der Waals surface area (Å²) in [6, 6.07) is 12.2. The van der Waals surface area contributed by atoms with E-state index in [0.717, 1.165) is 20.5 Å². The Morgan fingerprint density at radius 3 is 2.62 bits per heavy atom. The first-order valence-corrected chi connectivity index (χ1v) is 11.4. The van der Waals surface area contributed by atoms with Gasteiger partial charge >= 0.3 is 0 Å². The van der Waals surface area contributed by atoms with E-state index in [4.69, 9.17) is 0 Å². The molecule has 0 atom stereocenters. The van der Waals surface area contributed by atoms with Gasteiger partial charge in [0.05, 0.1) is 27.8 Å². The van der Waals surface area contributed by atoms with Gasteiger partial charge in [0.15, 0.2) is 9.84 Å². The Kier molecular flexibility index (Phi) is 5.85. The van der Waals surface area contributed by atoms with Crippen LogP contribution in [0.3, 0.4) is 0 Å². The average molecular weight is 407 g/mol. The number of carbonyl (C=O) groups excluding carboxylic acids is 1. The minimum absolute atomic E-state index is 0.0626. The first-order valence-electron chi connectivity index (χ1n) is 8.00. The van der Waals surface area contributed by atoms with Crippen LogP contribution in [0.5, 0.6) is 0 Å². The molecular formula is C18H18N2O3S3. The fourth-order valence-corrected chi connectivity index (χ4v) is 5.40. The molecule has 0 saturated heterocycles. The summed E-state index contributed by atoms with van der Waals surface area (Å²) in [5.74, 6) is -0.486. The second kappa shape index (κ2) is 8.11. The lowest BCUT2D eigenvalue weighted by Gasteiger charge is -2.06. The fraction of sp³-hybridized carbons (Fsp3) is 0.222. The fourth-order valence-electron chi connectivity index (χ4n) is 2.34. The third kappa shape index (κ3) is 4.57. The number of thiophene rings is 1. The second-order valence-electron chi connectivity index (χ2n) is 5.66. The highest BCUT2D eigenvalue weighted by Crippen LogP contribution is 2.30. The number of amides is 1. The Bertz CT molecular complexity index is 978. The first kappa shape index (κ1) is 18.8. The van der Waals surface area contributed by atoms with Gasteiger partial charge in [0, 0.05) is 11.3 Å². The smallest absolute Gasteiger partial charge is 0.221 e. The molecule has 0 aliphatic heterocycles. The number of aromatic nitrogens is 1. The zero-order valence-corrected chi connectivity index (χ0v) is 16.6. The number of thiazole rings is 1. The van der Waals surface area contributed by atoms with E-state index in [1.54, 1.807) is 53.0 Å². The molecule has 5 nitrogen and oxygen atoms in total. The lowest BCUT2D eigenvalue weighted by Crippen LogP contribution is -2.25. The summed E-state index contributed by atoms with van der Waals surface area (Å²) in [6.07, 6.45) is -0.0626. The van der Waals surface area contributed by atoms with Crippen molar-refractivity contribution >= 4 is 38.4 Å². The topological polar surface area (TPSA) is 76.1 Å². The minimum atomic E-state index is -3.44. The molecule has 0 aliphatic carbocycles. The summed E-state index contributed by atoms with van der Waals surface area (Å²) in [6.45, 7) is 2.27. The van der Waals surface area contributed by atoms with Crippen LogP contribution in [0.4, 0.5) is 0 Å². The summed E-state index contributed by atoms with van der Waals surface area (Å²) in [7, 11) is -3.44. The predicted octanol–water partition coefficient (Wildman–Crippen LogP) is 3.66. The van der Waals surface area contributed by atoms with Crippen molar-refractivity contribution in [3.05, 3.63) is 58.4 Å². The minimum Gasteiger partial charge on any atom is -0.351 e. The van der Waals surface area contributed by atoms with E-state index in [9.17, 15) is 13.2 Å². The van der Waals surface area contributed by atoms with Crippen molar-refractivity contribution in [3.63, 3.8) is 0 Å². The Labute approximate surface area is 160 Å². The number of carbonyl (C=O) groups is 1. The highest BCUT2D eigenvalue weighted by molar-refractivity contribution is 7.91. The predicted molar refractivity (Wildman–Crippen MR) is 105 cm³/mol. The molecule has 0 unspecified atom stereocenters. The van der Waals surface area contributed by atoms with Gasteiger partial charge in [-0.2, -0.15) is 0 Å². The van der Waals surface area contributed by atoms with Gasteiger partial charge in [0.2, 0.25) is 5.91 Å². The zero-order valence-electron chi connectivity index (χ0n) is 14.1. The normalized spacial score (nSPS) is 11.4. The van der Waals surface area contributed by atoms with E-state index in [1.165, 1.54) is 0 Å². The molecule has 0 saturated carbocycles. The van der Waals surface area contributed by atoms with Crippen LogP contribution in [-0.2, 0) is 21.2 Å². The maximum absolute atomic E-state index is 12.2. The highest BCUT2D eigenvalue weighted by atomic mass is 32.2. The van der Waals surface area contributed by atoms with E-state index < -0.39 is 9.84 Å². The van der Waals surface area contributed by atoms with Gasteiger partial charge in [0.25, 0.3) is 0 Å². The maximum atomic E-state index is 12.2. The summed E-state index contributed by atoms with van der Waals surface area (Å²) < 4.78 is 24.4. The van der Waals surface area contributed by atoms with Gasteiger partial charge in [0.1, 0.15) is 5.01 Å². The number of hydrogen-bond acceptors (Lipinski definition) is 6. The third-order valence-electron chi connectivity index (χ3n) is 3.77. The van der Waals surface area contributed by atoms with Crippen LogP contribution < -0.4 is 5.32 Å². The van der Waals surface area contributed by atoms with Crippen molar-refractivity contribution < 1.29 is 13.2 Å². The summed E-state index contributed by atoms with van der Waals surface area (Å²) in [5.41, 5.74) is 0.885. The zero-order chi connectivity index (χ0) is 18.6. The van der Waals surface area contributed by atoms with E-state index in [0.29, 0.717) is 6.54 Å². The first-order chi connectivity index (χ1) is 12.5. The molecule has 3 rings (SSSR count). The Morgan fingerprint density at radius 1 is 1.15 bits per heavy atom. The lowest BCUT2D eigenvalue weighted by molar-refractivity contribution is -0.120. The van der Waals surface area contributed by atoms with Gasteiger partial charge in [-0.3, -0.25) is 4.79 Å². The van der Waals surface area contributed by atoms with Crippen LogP contribution in [0.25, 0.3) is 9.88 Å². The van der Waals surface area contributed by atoms with Gasteiger partial charge < -0.3 is 5.32 Å². The number of nitrogens with one attached hydrogen (secondary N) is 1. The maximum Gasteiger partial charge on any atom is 0.221 e. The Balaban J connectivity index is 1.55. The van der Waals surface area contributed by atoms with E-state index in [-0.39, 0.29) is 23.0 Å². The lowest BCUT2D eigenvalue weighted by atomic mass is 10.3. The van der Waals surface area contributed by atoms with E-state index >= 15 is 0 Å². The highest BCUT2D eigenvalue weighted by Gasteiger charge is 2.16. The van der Waals surface area contributed by atoms with Crippen LogP contribution in [0.15, 0.2) is 52.7 Å². The molecule has 0 bridgehead atoms. The van der Waals surface area contributed by atoms with Gasteiger partial charge in [-0.1, -0.05) is 24.3 Å². The molecule has 8 heteroatoms. The quantitative estimate of drug-likeness (QED) is 0.650. The molecule has 2 aromatic heterocycles. The number of hydrogen-bond donors (Lipinski definition) is 1. The van der Waals surface area contributed by atoms with Gasteiger partial charge in [-0.05, 0) is 30.5 Å².